The summed E-state index contributed by atoms with van der Waals surface area (Å²) in [4.78, 5) is 0. The molecule has 33 heavy (non-hydrogen) atoms. The minimum absolute atomic E-state index is 0.787. The summed E-state index contributed by atoms with van der Waals surface area (Å²) < 4.78 is 0. The van der Waals surface area contributed by atoms with Gasteiger partial charge in [0.1, 0.15) is 0 Å². The van der Waals surface area contributed by atoms with Crippen molar-refractivity contribution in [3.63, 3.8) is 0 Å². The molecule has 0 spiro atoms. The van der Waals surface area contributed by atoms with Crippen LogP contribution < -0.4 is 0 Å². The second kappa shape index (κ2) is 15.4. The summed E-state index contributed by atoms with van der Waals surface area (Å²) in [6.45, 7) is 4.61. The number of hydrogen-bond donors (Lipinski definition) is 0. The maximum Gasteiger partial charge on any atom is -0.0162 e. The number of aryl methyl sites for hydroxylation is 1. The van der Waals surface area contributed by atoms with Gasteiger partial charge in [-0.15, -0.1) is 0 Å². The third-order valence-corrected chi connectivity index (χ3v) is 8.05. The molecule has 1 aliphatic rings. The summed E-state index contributed by atoms with van der Waals surface area (Å²) >= 11 is 0. The zero-order valence-corrected chi connectivity index (χ0v) is 21.8. The Morgan fingerprint density at radius 2 is 1.06 bits per heavy atom. The fourth-order valence-corrected chi connectivity index (χ4v) is 5.74. The second-order valence-electron chi connectivity index (χ2n) is 10.8. The van der Waals surface area contributed by atoms with E-state index in [1.165, 1.54) is 126 Å². The van der Waals surface area contributed by atoms with Crippen LogP contribution in [0, 0.1) is 5.92 Å². The number of unbranched alkanes of at least 4 members (excludes halogenated alkanes) is 9. The van der Waals surface area contributed by atoms with Crippen molar-refractivity contribution >= 4 is 0 Å². The molecule has 1 fully saturated rings. The first-order valence-electron chi connectivity index (χ1n) is 14.5. The number of rotatable bonds is 15. The first-order chi connectivity index (χ1) is 16.3. The maximum absolute atomic E-state index is 2.41. The number of hydrogen-bond acceptors (Lipinski definition) is 0. The van der Waals surface area contributed by atoms with E-state index in [1.54, 1.807) is 5.56 Å². The quantitative estimate of drug-likeness (QED) is 0.239. The first kappa shape index (κ1) is 26.1. The lowest BCUT2D eigenvalue weighted by Gasteiger charge is -2.29. The normalized spacial score (nSPS) is 18.5. The Hall–Kier alpha value is -1.56. The van der Waals surface area contributed by atoms with Gasteiger partial charge in [-0.05, 0) is 72.6 Å². The third-order valence-electron chi connectivity index (χ3n) is 8.05. The monoisotopic (exact) mass is 446 g/mol. The third kappa shape index (κ3) is 9.30. The van der Waals surface area contributed by atoms with Gasteiger partial charge in [-0.25, -0.2) is 0 Å². The summed E-state index contributed by atoms with van der Waals surface area (Å²) in [7, 11) is 0. The van der Waals surface area contributed by atoms with Crippen molar-refractivity contribution in [2.45, 2.75) is 129 Å². The molecule has 0 bridgehead atoms. The van der Waals surface area contributed by atoms with Crippen LogP contribution in [0.1, 0.15) is 134 Å². The van der Waals surface area contributed by atoms with Crippen LogP contribution in [0.4, 0.5) is 0 Å². The number of benzene rings is 2. The Labute approximate surface area is 205 Å². The van der Waals surface area contributed by atoms with Gasteiger partial charge in [0.05, 0.1) is 0 Å². The van der Waals surface area contributed by atoms with Gasteiger partial charge in [0.2, 0.25) is 0 Å². The van der Waals surface area contributed by atoms with Gasteiger partial charge in [0.15, 0.2) is 0 Å². The molecule has 0 atom stereocenters. The highest BCUT2D eigenvalue weighted by atomic mass is 14.3. The van der Waals surface area contributed by atoms with E-state index >= 15 is 0 Å². The Morgan fingerprint density at radius 1 is 0.545 bits per heavy atom. The molecule has 1 aliphatic carbocycles. The molecule has 0 N–H and O–H groups in total. The highest BCUT2D eigenvalue weighted by Crippen LogP contribution is 2.38. The van der Waals surface area contributed by atoms with Crippen LogP contribution in [-0.2, 0) is 6.42 Å². The van der Waals surface area contributed by atoms with Crippen LogP contribution in [0.5, 0.6) is 0 Å². The van der Waals surface area contributed by atoms with Crippen LogP contribution in [-0.4, -0.2) is 0 Å². The molecule has 0 saturated heterocycles. The van der Waals surface area contributed by atoms with Crippen LogP contribution in [0.25, 0.3) is 11.1 Å². The van der Waals surface area contributed by atoms with Crippen molar-refractivity contribution < 1.29 is 0 Å². The van der Waals surface area contributed by atoms with Crippen molar-refractivity contribution in [1.82, 2.24) is 0 Å². The van der Waals surface area contributed by atoms with Gasteiger partial charge >= 0.3 is 0 Å². The van der Waals surface area contributed by atoms with Gasteiger partial charge in [-0.1, -0.05) is 133 Å². The van der Waals surface area contributed by atoms with Gasteiger partial charge in [0.25, 0.3) is 0 Å². The molecule has 0 unspecified atom stereocenters. The van der Waals surface area contributed by atoms with Crippen LogP contribution in [0.3, 0.4) is 0 Å². The van der Waals surface area contributed by atoms with E-state index in [1.807, 2.05) is 0 Å². The van der Waals surface area contributed by atoms with Crippen molar-refractivity contribution in [3.05, 3.63) is 59.7 Å². The minimum atomic E-state index is 0.787. The SMILES string of the molecule is CCCCCCCCCCc1ccc(-c2ccc(C3CCC(CCCCC)CC3)cc2)cc1. The average Bonchev–Trinajstić information content (AvgIpc) is 2.87. The Morgan fingerprint density at radius 3 is 1.67 bits per heavy atom. The average molecular weight is 447 g/mol. The Balaban J connectivity index is 1.38. The smallest absolute Gasteiger partial charge is 0.0162 e. The van der Waals surface area contributed by atoms with Crippen LogP contribution >= 0.6 is 0 Å². The predicted octanol–water partition coefficient (Wildman–Crippen LogP) is 10.9. The van der Waals surface area contributed by atoms with Crippen LogP contribution in [0.2, 0.25) is 0 Å². The largest absolute Gasteiger partial charge is 0.0654 e. The van der Waals surface area contributed by atoms with E-state index in [-0.39, 0.29) is 0 Å². The van der Waals surface area contributed by atoms with Gasteiger partial charge in [-0.2, -0.15) is 0 Å². The van der Waals surface area contributed by atoms with E-state index in [0.29, 0.717) is 0 Å². The topological polar surface area (TPSA) is 0 Å². The van der Waals surface area contributed by atoms with E-state index in [9.17, 15) is 0 Å². The lowest BCUT2D eigenvalue weighted by molar-refractivity contribution is 0.303. The maximum atomic E-state index is 2.41. The molecule has 3 rings (SSSR count). The zero-order chi connectivity index (χ0) is 23.1. The molecule has 0 radical (unpaired) electrons. The molecule has 0 heteroatoms. The van der Waals surface area contributed by atoms with Gasteiger partial charge < -0.3 is 0 Å². The van der Waals surface area contributed by atoms with Crippen molar-refractivity contribution in [1.29, 1.82) is 0 Å². The standard InChI is InChI=1S/C33H50/c1-3-5-7-8-9-10-11-13-15-29-18-22-31(23-19-29)33-26-24-32(25-27-33)30-20-16-28(17-21-30)14-12-6-4-2/h18-19,22-28,30H,3-17,20-21H2,1-2H3. The Bertz CT molecular complexity index is 731. The minimum Gasteiger partial charge on any atom is -0.0654 e. The van der Waals surface area contributed by atoms with Gasteiger partial charge in [-0.3, -0.25) is 0 Å². The predicted molar refractivity (Wildman–Crippen MR) is 147 cm³/mol. The van der Waals surface area contributed by atoms with E-state index < -0.39 is 0 Å². The molecule has 2 aromatic rings. The fraction of sp³-hybridized carbons (Fsp3) is 0.636. The second-order valence-corrected chi connectivity index (χ2v) is 10.8. The molecule has 0 nitrogen and oxygen atoms in total. The molecule has 0 heterocycles. The van der Waals surface area contributed by atoms with Crippen LogP contribution in [0.15, 0.2) is 48.5 Å². The molecule has 0 aliphatic heterocycles. The molecular weight excluding hydrogens is 396 g/mol. The van der Waals surface area contributed by atoms with Crippen molar-refractivity contribution in [2.24, 2.45) is 5.92 Å². The molecule has 182 valence electrons. The summed E-state index contributed by atoms with van der Waals surface area (Å²) in [5.74, 6) is 1.78. The summed E-state index contributed by atoms with van der Waals surface area (Å²) in [6, 6.07) is 18.9. The molecule has 0 amide bonds. The van der Waals surface area contributed by atoms with Crippen molar-refractivity contribution in [2.75, 3.05) is 0 Å². The highest BCUT2D eigenvalue weighted by molar-refractivity contribution is 5.64. The molecule has 1 saturated carbocycles. The summed E-state index contributed by atoms with van der Waals surface area (Å²) in [5, 5.41) is 0. The van der Waals surface area contributed by atoms with E-state index in [4.69, 9.17) is 0 Å². The van der Waals surface area contributed by atoms with E-state index in [2.05, 4.69) is 62.4 Å². The van der Waals surface area contributed by atoms with Gasteiger partial charge in [0, 0.05) is 0 Å². The van der Waals surface area contributed by atoms with Crippen molar-refractivity contribution in [3.8, 4) is 11.1 Å². The highest BCUT2D eigenvalue weighted by Gasteiger charge is 2.22. The molecule has 0 aromatic heterocycles. The summed E-state index contributed by atoms with van der Waals surface area (Å²) in [5.41, 5.74) is 5.79. The lowest BCUT2D eigenvalue weighted by atomic mass is 9.77. The Kier molecular flexibility index (Phi) is 12.1. The molecule has 2 aromatic carbocycles. The first-order valence-corrected chi connectivity index (χ1v) is 14.5. The fourth-order valence-electron chi connectivity index (χ4n) is 5.74. The van der Waals surface area contributed by atoms with E-state index in [0.717, 1.165) is 11.8 Å². The molecular formula is C33H50. The lowest BCUT2D eigenvalue weighted by Crippen LogP contribution is -2.13. The summed E-state index contributed by atoms with van der Waals surface area (Å²) in [6.07, 6.45) is 23.8. The zero-order valence-electron chi connectivity index (χ0n) is 21.8.